The van der Waals surface area contributed by atoms with Crippen LogP contribution >= 0.6 is 11.3 Å². The van der Waals surface area contributed by atoms with Crippen molar-refractivity contribution in [3.63, 3.8) is 0 Å². The lowest BCUT2D eigenvalue weighted by molar-refractivity contribution is -0.126. The Hall–Kier alpha value is -1.77. The molecule has 0 spiro atoms. The van der Waals surface area contributed by atoms with E-state index in [2.05, 4.69) is 15.5 Å². The molecule has 1 amide bonds. The van der Waals surface area contributed by atoms with Gasteiger partial charge in [0.05, 0.1) is 42.1 Å². The number of carbonyl (C=O) groups is 1. The Balaban J connectivity index is 1.56. The molecule has 3 rings (SSSR count). The predicted molar refractivity (Wildman–Crippen MR) is 92.5 cm³/mol. The lowest BCUT2D eigenvalue weighted by Gasteiger charge is -2.32. The maximum absolute atomic E-state index is 12.3. The number of nitrogens with zero attached hydrogens (tertiary/aromatic N) is 2. The molecular weight excluding hydrogens is 342 g/mol. The van der Waals surface area contributed by atoms with Crippen molar-refractivity contribution in [1.82, 2.24) is 15.5 Å². The summed E-state index contributed by atoms with van der Waals surface area (Å²) in [7, 11) is 0. The minimum atomic E-state index is -0.191. The minimum Gasteiger partial charge on any atom is -0.379 e. The fourth-order valence-electron chi connectivity index (χ4n) is 2.85. The topological polar surface area (TPSA) is 86.5 Å². The molecule has 7 nitrogen and oxygen atoms in total. The molecule has 1 aliphatic rings. The third-order valence-electron chi connectivity index (χ3n) is 4.28. The second kappa shape index (κ2) is 8.07. The lowest BCUT2D eigenvalue weighted by Crippen LogP contribution is -2.50. The smallest absolute Gasteiger partial charge is 0.226 e. The minimum absolute atomic E-state index is 0.0388. The summed E-state index contributed by atoms with van der Waals surface area (Å²) in [4.78, 5) is 16.6. The maximum Gasteiger partial charge on any atom is 0.226 e. The molecule has 1 aliphatic heterocycles. The normalized spacial score (nSPS) is 20.6. The van der Waals surface area contributed by atoms with Crippen LogP contribution in [0.1, 0.15) is 34.1 Å². The molecular formula is C17H23N3O4S. The Bertz CT molecular complexity index is 708. The van der Waals surface area contributed by atoms with Crippen LogP contribution in [0.2, 0.25) is 0 Å². The fourth-order valence-corrected chi connectivity index (χ4v) is 3.46. The summed E-state index contributed by atoms with van der Waals surface area (Å²) >= 11 is 1.55. The van der Waals surface area contributed by atoms with Crippen molar-refractivity contribution in [2.24, 2.45) is 0 Å². The summed E-state index contributed by atoms with van der Waals surface area (Å²) in [5.41, 5.74) is 2.59. The highest BCUT2D eigenvalue weighted by Gasteiger charge is 2.28. The summed E-state index contributed by atoms with van der Waals surface area (Å²) in [6.45, 7) is 7.17. The van der Waals surface area contributed by atoms with Gasteiger partial charge < -0.3 is 19.3 Å². The first-order chi connectivity index (χ1) is 12.0. The molecule has 0 saturated carbocycles. The number of aryl methyl sites for hydroxylation is 3. The van der Waals surface area contributed by atoms with Crippen molar-refractivity contribution >= 4 is 17.2 Å². The van der Waals surface area contributed by atoms with E-state index >= 15 is 0 Å². The van der Waals surface area contributed by atoms with Gasteiger partial charge in [-0.05, 0) is 27.2 Å². The molecule has 0 aromatic carbocycles. The predicted octanol–water partition coefficient (Wildman–Crippen LogP) is 2.09. The van der Waals surface area contributed by atoms with E-state index < -0.39 is 0 Å². The second-order valence-corrected chi connectivity index (χ2v) is 7.29. The molecule has 0 unspecified atom stereocenters. The third-order valence-corrected chi connectivity index (χ3v) is 5.10. The molecule has 25 heavy (non-hydrogen) atoms. The second-order valence-electron chi connectivity index (χ2n) is 6.22. The number of aromatic nitrogens is 2. The van der Waals surface area contributed by atoms with Gasteiger partial charge in [0.2, 0.25) is 5.91 Å². The van der Waals surface area contributed by atoms with Gasteiger partial charge in [-0.2, -0.15) is 0 Å². The Morgan fingerprint density at radius 1 is 1.44 bits per heavy atom. The van der Waals surface area contributed by atoms with Crippen LogP contribution in [0.15, 0.2) is 9.90 Å². The van der Waals surface area contributed by atoms with Gasteiger partial charge in [0.15, 0.2) is 0 Å². The average Bonchev–Trinajstić information content (AvgIpc) is 3.12. The summed E-state index contributed by atoms with van der Waals surface area (Å²) in [6.07, 6.45) is 0.829. The maximum atomic E-state index is 12.3. The van der Waals surface area contributed by atoms with Crippen molar-refractivity contribution in [3.05, 3.63) is 33.1 Å². The van der Waals surface area contributed by atoms with Crippen LogP contribution in [-0.2, 0) is 27.3 Å². The van der Waals surface area contributed by atoms with Crippen molar-refractivity contribution in [2.45, 2.75) is 52.4 Å². The van der Waals surface area contributed by atoms with Gasteiger partial charge in [0, 0.05) is 17.6 Å². The van der Waals surface area contributed by atoms with Gasteiger partial charge in [0.25, 0.3) is 0 Å². The van der Waals surface area contributed by atoms with Crippen LogP contribution in [-0.4, -0.2) is 41.4 Å². The van der Waals surface area contributed by atoms with E-state index in [1.165, 1.54) is 0 Å². The molecule has 8 heteroatoms. The summed E-state index contributed by atoms with van der Waals surface area (Å²) < 4.78 is 16.7. The van der Waals surface area contributed by atoms with Crippen LogP contribution < -0.4 is 5.32 Å². The SMILES string of the molecule is Cc1nc(CC(=O)N[C@@H]2CCOC[C@H]2OCc2c(C)noc2C)cs1. The van der Waals surface area contributed by atoms with Crippen LogP contribution in [0.25, 0.3) is 0 Å². The van der Waals surface area contributed by atoms with Gasteiger partial charge >= 0.3 is 0 Å². The molecule has 1 saturated heterocycles. The standard InChI is InChI=1S/C17H23N3O4S/c1-10-14(11(2)24-20-10)7-23-16-8-22-5-4-15(16)19-17(21)6-13-9-25-12(3)18-13/h9,15-16H,4-8H2,1-3H3,(H,19,21)/t15-,16-/m1/s1. The first-order valence-electron chi connectivity index (χ1n) is 8.34. The van der Waals surface area contributed by atoms with Crippen LogP contribution in [0.3, 0.4) is 0 Å². The zero-order valence-corrected chi connectivity index (χ0v) is 15.5. The molecule has 0 aliphatic carbocycles. The molecule has 2 aromatic heterocycles. The molecule has 2 atom stereocenters. The number of hydrogen-bond donors (Lipinski definition) is 1. The highest BCUT2D eigenvalue weighted by molar-refractivity contribution is 7.09. The number of rotatable bonds is 6. The quantitative estimate of drug-likeness (QED) is 0.843. The van der Waals surface area contributed by atoms with E-state index in [1.807, 2.05) is 26.2 Å². The Morgan fingerprint density at radius 3 is 2.96 bits per heavy atom. The third kappa shape index (κ3) is 4.65. The Morgan fingerprint density at radius 2 is 2.28 bits per heavy atom. The average molecular weight is 365 g/mol. The zero-order chi connectivity index (χ0) is 17.8. The van der Waals surface area contributed by atoms with E-state index in [-0.39, 0.29) is 24.5 Å². The van der Waals surface area contributed by atoms with Crippen molar-refractivity contribution in [1.29, 1.82) is 0 Å². The Labute approximate surface area is 150 Å². The number of nitrogens with one attached hydrogen (secondary N) is 1. The van der Waals surface area contributed by atoms with Crippen LogP contribution in [0.4, 0.5) is 0 Å². The monoisotopic (exact) mass is 365 g/mol. The largest absolute Gasteiger partial charge is 0.379 e. The van der Waals surface area contributed by atoms with Crippen molar-refractivity contribution in [2.75, 3.05) is 13.2 Å². The first-order valence-corrected chi connectivity index (χ1v) is 9.22. The lowest BCUT2D eigenvalue weighted by atomic mass is 10.1. The Kier molecular flexibility index (Phi) is 5.82. The van der Waals surface area contributed by atoms with Crippen molar-refractivity contribution in [3.8, 4) is 0 Å². The molecule has 1 N–H and O–H groups in total. The molecule has 2 aromatic rings. The number of hydrogen-bond acceptors (Lipinski definition) is 7. The number of amides is 1. The van der Waals surface area contributed by atoms with Crippen molar-refractivity contribution < 1.29 is 18.8 Å². The summed E-state index contributed by atoms with van der Waals surface area (Å²) in [5.74, 6) is 0.719. The van der Waals surface area contributed by atoms with Gasteiger partial charge in [-0.15, -0.1) is 11.3 Å². The molecule has 0 radical (unpaired) electrons. The van der Waals surface area contributed by atoms with Gasteiger partial charge in [0.1, 0.15) is 11.9 Å². The van der Waals surface area contributed by atoms with E-state index in [9.17, 15) is 4.79 Å². The van der Waals surface area contributed by atoms with Gasteiger partial charge in [-0.3, -0.25) is 4.79 Å². The van der Waals surface area contributed by atoms with Crippen LogP contribution in [0, 0.1) is 20.8 Å². The van der Waals surface area contributed by atoms with E-state index in [1.54, 1.807) is 11.3 Å². The van der Waals surface area contributed by atoms with Gasteiger partial charge in [-0.1, -0.05) is 5.16 Å². The molecule has 0 bridgehead atoms. The van der Waals surface area contributed by atoms with E-state index in [4.69, 9.17) is 14.0 Å². The summed E-state index contributed by atoms with van der Waals surface area (Å²) in [6, 6.07) is -0.0681. The fraction of sp³-hybridized carbons (Fsp3) is 0.588. The van der Waals surface area contributed by atoms with E-state index in [0.29, 0.717) is 19.8 Å². The zero-order valence-electron chi connectivity index (χ0n) is 14.7. The first kappa shape index (κ1) is 18.0. The highest BCUT2D eigenvalue weighted by Crippen LogP contribution is 2.18. The van der Waals surface area contributed by atoms with Gasteiger partial charge in [-0.25, -0.2) is 4.98 Å². The molecule has 1 fully saturated rings. The molecule has 136 valence electrons. The highest BCUT2D eigenvalue weighted by atomic mass is 32.1. The summed E-state index contributed by atoms with van der Waals surface area (Å²) in [5, 5.41) is 9.89. The number of carbonyl (C=O) groups excluding carboxylic acids is 1. The van der Waals surface area contributed by atoms with Crippen LogP contribution in [0.5, 0.6) is 0 Å². The number of ether oxygens (including phenoxy) is 2. The number of thiazole rings is 1. The van der Waals surface area contributed by atoms with E-state index in [0.717, 1.165) is 34.1 Å². The molecule has 3 heterocycles.